The van der Waals surface area contributed by atoms with Gasteiger partial charge in [0.05, 0.1) is 18.2 Å². The second-order valence-corrected chi connectivity index (χ2v) is 5.92. The van der Waals surface area contributed by atoms with Crippen LogP contribution >= 0.6 is 0 Å². The number of rotatable bonds is 5. The van der Waals surface area contributed by atoms with E-state index in [1.165, 1.54) is 38.4 Å². The molecule has 0 bridgehead atoms. The number of ether oxygens (including phenoxy) is 2. The van der Waals surface area contributed by atoms with E-state index in [4.69, 9.17) is 9.47 Å². The molecule has 0 aliphatic heterocycles. The Hall–Kier alpha value is -2.61. The molecule has 2 rings (SSSR count). The van der Waals surface area contributed by atoms with Crippen LogP contribution in [0.15, 0.2) is 47.5 Å². The zero-order valence-electron chi connectivity index (χ0n) is 11.9. The Morgan fingerprint density at radius 3 is 2.50 bits per heavy atom. The number of pyridine rings is 1. The average molecular weight is 322 g/mol. The number of aromatic nitrogens is 1. The van der Waals surface area contributed by atoms with Crippen LogP contribution in [-0.2, 0) is 14.8 Å². The van der Waals surface area contributed by atoms with Crippen LogP contribution in [0.4, 0.5) is 5.82 Å². The van der Waals surface area contributed by atoms with Gasteiger partial charge in [-0.1, -0.05) is 18.2 Å². The molecular weight excluding hydrogens is 308 g/mol. The van der Waals surface area contributed by atoms with E-state index < -0.39 is 16.0 Å². The number of nitrogens with one attached hydrogen (secondary N) is 1. The lowest BCUT2D eigenvalue weighted by Crippen LogP contribution is -2.14. The molecule has 0 atom stereocenters. The highest BCUT2D eigenvalue weighted by molar-refractivity contribution is 7.92. The molecule has 0 saturated carbocycles. The molecule has 1 heterocycles. The molecule has 0 fully saturated rings. The topological polar surface area (TPSA) is 94.6 Å². The summed E-state index contributed by atoms with van der Waals surface area (Å²) >= 11 is 0. The summed E-state index contributed by atoms with van der Waals surface area (Å²) in [5, 5.41) is 0. The van der Waals surface area contributed by atoms with E-state index in [9.17, 15) is 13.2 Å². The first-order chi connectivity index (χ1) is 10.4. The molecule has 7 nitrogen and oxygen atoms in total. The van der Waals surface area contributed by atoms with E-state index in [2.05, 4.69) is 9.71 Å². The molecule has 0 aliphatic rings. The van der Waals surface area contributed by atoms with Crippen molar-refractivity contribution in [2.24, 2.45) is 0 Å². The third-order valence-corrected chi connectivity index (χ3v) is 3.95. The summed E-state index contributed by atoms with van der Waals surface area (Å²) in [5.74, 6) is -0.214. The van der Waals surface area contributed by atoms with Crippen molar-refractivity contribution in [3.05, 3.63) is 42.6 Å². The summed E-state index contributed by atoms with van der Waals surface area (Å²) in [6.07, 6.45) is 1.23. The Bertz CT molecular complexity index is 775. The van der Waals surface area contributed by atoms with Crippen molar-refractivity contribution in [1.29, 1.82) is 0 Å². The quantitative estimate of drug-likeness (QED) is 0.844. The summed E-state index contributed by atoms with van der Waals surface area (Å²) < 4.78 is 36.7. The minimum absolute atomic E-state index is 0.00209. The third kappa shape index (κ3) is 3.73. The number of hydrogen-bond acceptors (Lipinski definition) is 6. The van der Waals surface area contributed by atoms with Crippen molar-refractivity contribution in [2.75, 3.05) is 11.8 Å². The van der Waals surface area contributed by atoms with Gasteiger partial charge in [0, 0.05) is 13.0 Å². The number of carbonyl (C=O) groups excluding carboxylic acids is 1. The van der Waals surface area contributed by atoms with Gasteiger partial charge in [-0.3, -0.25) is 9.52 Å². The van der Waals surface area contributed by atoms with Gasteiger partial charge in [-0.25, -0.2) is 13.4 Å². The van der Waals surface area contributed by atoms with Crippen LogP contribution in [0.25, 0.3) is 0 Å². The lowest BCUT2D eigenvalue weighted by molar-refractivity contribution is -0.131. The maximum absolute atomic E-state index is 12.2. The SMILES string of the molecule is COc1cc(OC(C)=O)cnc1NS(=O)(=O)c1ccccc1. The van der Waals surface area contributed by atoms with Crippen molar-refractivity contribution in [3.8, 4) is 11.5 Å². The van der Waals surface area contributed by atoms with Crippen molar-refractivity contribution in [1.82, 2.24) is 4.98 Å². The van der Waals surface area contributed by atoms with Crippen molar-refractivity contribution in [2.45, 2.75) is 11.8 Å². The third-order valence-electron chi connectivity index (χ3n) is 2.59. The van der Waals surface area contributed by atoms with Gasteiger partial charge >= 0.3 is 5.97 Å². The van der Waals surface area contributed by atoms with Gasteiger partial charge in [0.25, 0.3) is 10.0 Å². The van der Waals surface area contributed by atoms with E-state index in [-0.39, 0.29) is 22.2 Å². The van der Waals surface area contributed by atoms with Gasteiger partial charge in [0.2, 0.25) is 0 Å². The molecule has 1 aromatic carbocycles. The standard InChI is InChI=1S/C14H14N2O5S/c1-10(17)21-11-8-13(20-2)14(15-9-11)16-22(18,19)12-6-4-3-5-7-12/h3-9H,1-2H3,(H,15,16). The molecule has 0 spiro atoms. The summed E-state index contributed by atoms with van der Waals surface area (Å²) in [7, 11) is -2.43. The van der Waals surface area contributed by atoms with Crippen molar-refractivity contribution >= 4 is 21.8 Å². The molecule has 1 aromatic heterocycles. The Morgan fingerprint density at radius 2 is 1.91 bits per heavy atom. The number of benzene rings is 1. The molecule has 0 unspecified atom stereocenters. The van der Waals surface area contributed by atoms with E-state index in [0.717, 1.165) is 0 Å². The number of hydrogen-bond donors (Lipinski definition) is 1. The highest BCUT2D eigenvalue weighted by atomic mass is 32.2. The van der Waals surface area contributed by atoms with Crippen LogP contribution in [0.3, 0.4) is 0 Å². The second kappa shape index (κ2) is 6.44. The first kappa shape index (κ1) is 15.8. The summed E-state index contributed by atoms with van der Waals surface area (Å²) in [5.41, 5.74) is 0. The molecular formula is C14H14N2O5S. The van der Waals surface area contributed by atoms with E-state index in [1.807, 2.05) is 0 Å². The monoisotopic (exact) mass is 322 g/mol. The Kier molecular flexibility index (Phi) is 4.62. The Labute approximate surface area is 128 Å². The van der Waals surface area contributed by atoms with Crippen LogP contribution < -0.4 is 14.2 Å². The van der Waals surface area contributed by atoms with Gasteiger partial charge < -0.3 is 9.47 Å². The lowest BCUT2D eigenvalue weighted by atomic mass is 10.4. The van der Waals surface area contributed by atoms with Gasteiger partial charge in [-0.15, -0.1) is 0 Å². The fourth-order valence-electron chi connectivity index (χ4n) is 1.67. The minimum atomic E-state index is -3.78. The molecule has 0 amide bonds. The fraction of sp³-hybridized carbons (Fsp3) is 0.143. The van der Waals surface area contributed by atoms with Crippen LogP contribution in [0.5, 0.6) is 11.5 Å². The van der Waals surface area contributed by atoms with Gasteiger partial charge in [-0.2, -0.15) is 0 Å². The average Bonchev–Trinajstić information content (AvgIpc) is 2.49. The number of sulfonamides is 1. The molecule has 116 valence electrons. The van der Waals surface area contributed by atoms with E-state index >= 15 is 0 Å². The molecule has 0 radical (unpaired) electrons. The number of carbonyl (C=O) groups is 1. The lowest BCUT2D eigenvalue weighted by Gasteiger charge is -2.12. The summed E-state index contributed by atoms with van der Waals surface area (Å²) in [6, 6.07) is 9.24. The molecule has 0 aliphatic carbocycles. The van der Waals surface area contributed by atoms with E-state index in [1.54, 1.807) is 18.2 Å². The predicted molar refractivity (Wildman–Crippen MR) is 79.3 cm³/mol. The van der Waals surface area contributed by atoms with Crippen molar-refractivity contribution < 1.29 is 22.7 Å². The van der Waals surface area contributed by atoms with E-state index in [0.29, 0.717) is 0 Å². The zero-order valence-corrected chi connectivity index (χ0v) is 12.8. The smallest absolute Gasteiger partial charge is 0.308 e. The van der Waals surface area contributed by atoms with Crippen LogP contribution in [0, 0.1) is 0 Å². The molecule has 0 saturated heterocycles. The number of esters is 1. The minimum Gasteiger partial charge on any atom is -0.493 e. The largest absolute Gasteiger partial charge is 0.493 e. The predicted octanol–water partition coefficient (Wildman–Crippen LogP) is 1.82. The van der Waals surface area contributed by atoms with Gasteiger partial charge in [0.15, 0.2) is 17.3 Å². The van der Waals surface area contributed by atoms with Gasteiger partial charge in [-0.05, 0) is 12.1 Å². The molecule has 2 aromatic rings. The van der Waals surface area contributed by atoms with Crippen LogP contribution in [0.1, 0.15) is 6.92 Å². The van der Waals surface area contributed by atoms with Crippen molar-refractivity contribution in [3.63, 3.8) is 0 Å². The maximum Gasteiger partial charge on any atom is 0.308 e. The first-order valence-electron chi connectivity index (χ1n) is 6.22. The highest BCUT2D eigenvalue weighted by Crippen LogP contribution is 2.28. The van der Waals surface area contributed by atoms with Gasteiger partial charge in [0.1, 0.15) is 0 Å². The second-order valence-electron chi connectivity index (χ2n) is 4.23. The molecule has 1 N–H and O–H groups in total. The highest BCUT2D eigenvalue weighted by Gasteiger charge is 2.18. The normalized spacial score (nSPS) is 10.8. The Morgan fingerprint density at radius 1 is 1.23 bits per heavy atom. The van der Waals surface area contributed by atoms with Crippen LogP contribution in [0.2, 0.25) is 0 Å². The Balaban J connectivity index is 2.31. The first-order valence-corrected chi connectivity index (χ1v) is 7.71. The molecule has 8 heteroatoms. The fourth-order valence-corrected chi connectivity index (χ4v) is 2.71. The maximum atomic E-state index is 12.2. The number of methoxy groups -OCH3 is 1. The molecule has 22 heavy (non-hydrogen) atoms. The summed E-state index contributed by atoms with van der Waals surface area (Å²) in [6.45, 7) is 1.25. The zero-order chi connectivity index (χ0) is 16.2. The van der Waals surface area contributed by atoms with Crippen LogP contribution in [-0.4, -0.2) is 26.5 Å². The number of nitrogens with zero attached hydrogens (tertiary/aromatic N) is 1. The number of anilines is 1. The summed E-state index contributed by atoms with van der Waals surface area (Å²) in [4.78, 5) is 14.9.